The molecule has 0 aliphatic carbocycles. The van der Waals surface area contributed by atoms with Gasteiger partial charge in [0.2, 0.25) is 0 Å². The van der Waals surface area contributed by atoms with Crippen molar-refractivity contribution in [3.05, 3.63) is 29.8 Å². The van der Waals surface area contributed by atoms with Crippen molar-refractivity contribution in [3.8, 4) is 0 Å². The van der Waals surface area contributed by atoms with Crippen molar-refractivity contribution in [3.63, 3.8) is 0 Å². The molecule has 0 aliphatic heterocycles. The molecular formula is C13H17NO3S. The lowest BCUT2D eigenvalue weighted by Gasteiger charge is -2.05. The first-order chi connectivity index (χ1) is 8.63. The Balaban J connectivity index is 2.29. The first kappa shape index (κ1) is 14.6. The molecule has 4 nitrogen and oxygen atoms in total. The summed E-state index contributed by atoms with van der Waals surface area (Å²) in [5.74, 6) is -0.910. The van der Waals surface area contributed by atoms with Gasteiger partial charge in [-0.25, -0.2) is 0 Å². The van der Waals surface area contributed by atoms with Gasteiger partial charge >= 0.3 is 5.97 Å². The summed E-state index contributed by atoms with van der Waals surface area (Å²) < 4.78 is 0. The highest BCUT2D eigenvalue weighted by molar-refractivity contribution is 7.98. The molecule has 2 N–H and O–H groups in total. The van der Waals surface area contributed by atoms with E-state index in [0.717, 1.165) is 4.90 Å². The molecule has 0 spiro atoms. The number of amides is 1. The largest absolute Gasteiger partial charge is 0.481 e. The van der Waals surface area contributed by atoms with Gasteiger partial charge in [0.05, 0.1) is 0 Å². The lowest BCUT2D eigenvalue weighted by molar-refractivity contribution is -0.137. The second kappa shape index (κ2) is 7.76. The van der Waals surface area contributed by atoms with Crippen LogP contribution in [0.1, 0.15) is 29.6 Å². The van der Waals surface area contributed by atoms with Gasteiger partial charge in [0.25, 0.3) is 5.91 Å². The molecule has 1 aromatic carbocycles. The number of benzene rings is 1. The van der Waals surface area contributed by atoms with E-state index in [1.54, 1.807) is 23.9 Å². The van der Waals surface area contributed by atoms with Gasteiger partial charge in [-0.3, -0.25) is 9.59 Å². The van der Waals surface area contributed by atoms with Crippen molar-refractivity contribution >= 4 is 23.6 Å². The highest BCUT2D eigenvalue weighted by Crippen LogP contribution is 2.14. The highest BCUT2D eigenvalue weighted by atomic mass is 32.2. The molecule has 0 saturated carbocycles. The van der Waals surface area contributed by atoms with Gasteiger partial charge in [0.15, 0.2) is 0 Å². The van der Waals surface area contributed by atoms with Gasteiger partial charge in [0.1, 0.15) is 0 Å². The lowest BCUT2D eigenvalue weighted by atomic mass is 10.2. The summed E-state index contributed by atoms with van der Waals surface area (Å²) in [6, 6.07) is 7.39. The fraction of sp³-hybridized carbons (Fsp3) is 0.385. The van der Waals surface area contributed by atoms with E-state index in [-0.39, 0.29) is 12.3 Å². The Morgan fingerprint density at radius 3 is 2.44 bits per heavy atom. The summed E-state index contributed by atoms with van der Waals surface area (Å²) in [7, 11) is 0. The highest BCUT2D eigenvalue weighted by Gasteiger charge is 2.04. The standard InChI is InChI=1S/C13H17NO3S/c1-18-11-7-5-10(6-8-11)13(17)14-9-3-2-4-12(15)16/h5-8H,2-4,9H2,1H3,(H,14,17)(H,15,16). The molecule has 1 aromatic rings. The molecular weight excluding hydrogens is 250 g/mol. The molecule has 0 heterocycles. The minimum absolute atomic E-state index is 0.113. The first-order valence-electron chi connectivity index (χ1n) is 5.77. The SMILES string of the molecule is CSc1ccc(C(=O)NCCCCC(=O)O)cc1. The normalized spacial score (nSPS) is 10.1. The maximum atomic E-state index is 11.7. The number of nitrogens with one attached hydrogen (secondary N) is 1. The van der Waals surface area contributed by atoms with Crippen LogP contribution in [0.3, 0.4) is 0 Å². The Morgan fingerprint density at radius 2 is 1.89 bits per heavy atom. The summed E-state index contributed by atoms with van der Waals surface area (Å²) in [5.41, 5.74) is 0.631. The Bertz CT molecular complexity index is 403. The van der Waals surface area contributed by atoms with Crippen LogP contribution < -0.4 is 5.32 Å². The summed E-state index contributed by atoms with van der Waals surface area (Å²) in [6.45, 7) is 0.510. The van der Waals surface area contributed by atoms with Gasteiger partial charge in [-0.2, -0.15) is 0 Å². The molecule has 0 unspecified atom stereocenters. The van der Waals surface area contributed by atoms with Crippen molar-refractivity contribution in [1.82, 2.24) is 5.32 Å². The van der Waals surface area contributed by atoms with Gasteiger partial charge in [-0.05, 0) is 43.4 Å². The van der Waals surface area contributed by atoms with Crippen molar-refractivity contribution in [2.45, 2.75) is 24.2 Å². The zero-order valence-corrected chi connectivity index (χ0v) is 11.1. The average molecular weight is 267 g/mol. The molecule has 0 saturated heterocycles. The van der Waals surface area contributed by atoms with Crippen LogP contribution in [-0.4, -0.2) is 29.8 Å². The van der Waals surface area contributed by atoms with E-state index in [0.29, 0.717) is 24.9 Å². The molecule has 1 rings (SSSR count). The smallest absolute Gasteiger partial charge is 0.303 e. The Kier molecular flexibility index (Phi) is 6.28. The second-order valence-electron chi connectivity index (χ2n) is 3.84. The van der Waals surface area contributed by atoms with Crippen molar-refractivity contribution in [2.24, 2.45) is 0 Å². The molecule has 98 valence electrons. The van der Waals surface area contributed by atoms with Crippen LogP contribution in [-0.2, 0) is 4.79 Å². The van der Waals surface area contributed by atoms with E-state index in [2.05, 4.69) is 5.32 Å². The molecule has 0 aliphatic rings. The van der Waals surface area contributed by atoms with Crippen molar-refractivity contribution in [2.75, 3.05) is 12.8 Å². The zero-order valence-electron chi connectivity index (χ0n) is 10.3. The van der Waals surface area contributed by atoms with Crippen LogP contribution >= 0.6 is 11.8 Å². The van der Waals surface area contributed by atoms with Crippen LogP contribution in [0.2, 0.25) is 0 Å². The number of carbonyl (C=O) groups is 2. The van der Waals surface area contributed by atoms with Crippen molar-refractivity contribution < 1.29 is 14.7 Å². The monoisotopic (exact) mass is 267 g/mol. The van der Waals surface area contributed by atoms with E-state index in [1.165, 1.54) is 0 Å². The Labute approximate surface area is 111 Å². The zero-order chi connectivity index (χ0) is 13.4. The predicted octanol–water partition coefficient (Wildman–Crippen LogP) is 2.39. The summed E-state index contributed by atoms with van der Waals surface area (Å²) in [6.07, 6.45) is 3.40. The fourth-order valence-corrected chi connectivity index (χ4v) is 1.86. The maximum Gasteiger partial charge on any atom is 0.303 e. The van der Waals surface area contributed by atoms with E-state index >= 15 is 0 Å². The minimum atomic E-state index is -0.797. The number of aliphatic carboxylic acids is 1. The molecule has 0 radical (unpaired) electrons. The number of hydrogen-bond donors (Lipinski definition) is 2. The quantitative estimate of drug-likeness (QED) is 0.588. The third kappa shape index (κ3) is 5.23. The average Bonchev–Trinajstić information content (AvgIpc) is 2.38. The molecule has 0 aromatic heterocycles. The summed E-state index contributed by atoms with van der Waals surface area (Å²) >= 11 is 1.63. The van der Waals surface area contributed by atoms with E-state index in [9.17, 15) is 9.59 Å². The number of thioether (sulfide) groups is 1. The molecule has 0 fully saturated rings. The maximum absolute atomic E-state index is 11.7. The van der Waals surface area contributed by atoms with Crippen LogP contribution in [0.5, 0.6) is 0 Å². The number of hydrogen-bond acceptors (Lipinski definition) is 3. The number of unbranched alkanes of at least 4 members (excludes halogenated alkanes) is 1. The lowest BCUT2D eigenvalue weighted by Crippen LogP contribution is -2.24. The Morgan fingerprint density at radius 1 is 1.22 bits per heavy atom. The third-order valence-electron chi connectivity index (χ3n) is 2.46. The summed E-state index contributed by atoms with van der Waals surface area (Å²) in [5, 5.41) is 11.2. The van der Waals surface area contributed by atoms with E-state index < -0.39 is 5.97 Å². The molecule has 0 bridgehead atoms. The number of carbonyl (C=O) groups excluding carboxylic acids is 1. The third-order valence-corrected chi connectivity index (χ3v) is 3.20. The molecule has 1 amide bonds. The number of carboxylic acid groups (broad SMARTS) is 1. The van der Waals surface area contributed by atoms with E-state index in [4.69, 9.17) is 5.11 Å². The second-order valence-corrected chi connectivity index (χ2v) is 4.71. The predicted molar refractivity (Wildman–Crippen MR) is 72.0 cm³/mol. The molecule has 5 heteroatoms. The van der Waals surface area contributed by atoms with Crippen LogP contribution in [0.4, 0.5) is 0 Å². The van der Waals surface area contributed by atoms with Gasteiger partial charge < -0.3 is 10.4 Å². The summed E-state index contributed by atoms with van der Waals surface area (Å²) in [4.78, 5) is 23.1. The first-order valence-corrected chi connectivity index (χ1v) is 7.00. The Hall–Kier alpha value is -1.49. The van der Waals surface area contributed by atoms with Crippen LogP contribution in [0, 0.1) is 0 Å². The van der Waals surface area contributed by atoms with Crippen molar-refractivity contribution in [1.29, 1.82) is 0 Å². The minimum Gasteiger partial charge on any atom is -0.481 e. The number of carboxylic acids is 1. The van der Waals surface area contributed by atoms with Gasteiger partial charge in [-0.15, -0.1) is 11.8 Å². The van der Waals surface area contributed by atoms with Gasteiger partial charge in [0, 0.05) is 23.4 Å². The van der Waals surface area contributed by atoms with Gasteiger partial charge in [-0.1, -0.05) is 0 Å². The van der Waals surface area contributed by atoms with Crippen LogP contribution in [0.25, 0.3) is 0 Å². The van der Waals surface area contributed by atoms with E-state index in [1.807, 2.05) is 18.4 Å². The fourth-order valence-electron chi connectivity index (χ4n) is 1.45. The topological polar surface area (TPSA) is 66.4 Å². The molecule has 18 heavy (non-hydrogen) atoms. The number of rotatable bonds is 7. The molecule has 0 atom stereocenters. The van der Waals surface area contributed by atoms with Crippen LogP contribution in [0.15, 0.2) is 29.2 Å².